The number of benzene rings is 2. The maximum Gasteiger partial charge on any atom is 0.387 e. The van der Waals surface area contributed by atoms with Crippen LogP contribution in [-0.2, 0) is 6.54 Å². The maximum absolute atomic E-state index is 12.5. The Balaban J connectivity index is 1.75. The second-order valence-electron chi connectivity index (χ2n) is 5.96. The van der Waals surface area contributed by atoms with Crippen molar-refractivity contribution in [1.29, 1.82) is 0 Å². The first-order valence-electron chi connectivity index (χ1n) is 8.40. The van der Waals surface area contributed by atoms with E-state index in [-0.39, 0.29) is 29.7 Å². The molecule has 28 heavy (non-hydrogen) atoms. The van der Waals surface area contributed by atoms with Crippen molar-refractivity contribution in [3.63, 3.8) is 0 Å². The van der Waals surface area contributed by atoms with E-state index in [4.69, 9.17) is 13.9 Å². The SMILES string of the molecule is COc1ccc2oc(C(=O)NCc3ccc(OC(F)F)c(OC)c3)c(C)c2c1. The van der Waals surface area contributed by atoms with Crippen molar-refractivity contribution >= 4 is 16.9 Å². The quantitative estimate of drug-likeness (QED) is 0.651. The summed E-state index contributed by atoms with van der Waals surface area (Å²) in [4.78, 5) is 12.5. The molecule has 0 radical (unpaired) electrons. The molecule has 3 rings (SSSR count). The standard InChI is InChI=1S/C20H19F2NO5/c1-11-14-9-13(25-2)5-7-15(14)27-18(11)19(24)23-10-12-4-6-16(28-20(21)22)17(8-12)26-3/h4-9,20H,10H2,1-3H3,(H,23,24). The molecule has 6 nitrogen and oxygen atoms in total. The van der Waals surface area contributed by atoms with Gasteiger partial charge in [0.05, 0.1) is 14.2 Å². The Kier molecular flexibility index (Phi) is 5.67. The summed E-state index contributed by atoms with van der Waals surface area (Å²) in [7, 11) is 2.91. The van der Waals surface area contributed by atoms with E-state index in [1.807, 2.05) is 0 Å². The summed E-state index contributed by atoms with van der Waals surface area (Å²) in [5, 5.41) is 3.54. The predicted molar refractivity (Wildman–Crippen MR) is 98.3 cm³/mol. The molecule has 0 bridgehead atoms. The lowest BCUT2D eigenvalue weighted by Gasteiger charge is -2.11. The first-order valence-corrected chi connectivity index (χ1v) is 8.40. The van der Waals surface area contributed by atoms with E-state index in [0.29, 0.717) is 22.5 Å². The third-order valence-corrected chi connectivity index (χ3v) is 4.25. The minimum Gasteiger partial charge on any atom is -0.497 e. The van der Waals surface area contributed by atoms with Crippen molar-refractivity contribution in [3.05, 3.63) is 53.3 Å². The Bertz CT molecular complexity index is 1000. The summed E-state index contributed by atoms with van der Waals surface area (Å²) in [6, 6.07) is 9.75. The number of furan rings is 1. The number of fused-ring (bicyclic) bond motifs is 1. The third-order valence-electron chi connectivity index (χ3n) is 4.25. The van der Waals surface area contributed by atoms with Crippen molar-refractivity contribution in [2.24, 2.45) is 0 Å². The predicted octanol–water partition coefficient (Wildman–Crippen LogP) is 4.29. The molecule has 0 unspecified atom stereocenters. The van der Waals surface area contributed by atoms with Crippen LogP contribution in [0.2, 0.25) is 0 Å². The Morgan fingerprint density at radius 2 is 1.89 bits per heavy atom. The van der Waals surface area contributed by atoms with E-state index < -0.39 is 6.61 Å². The van der Waals surface area contributed by atoms with E-state index in [9.17, 15) is 13.6 Å². The number of amides is 1. The first kappa shape index (κ1) is 19.5. The highest BCUT2D eigenvalue weighted by atomic mass is 19.3. The second-order valence-corrected chi connectivity index (χ2v) is 5.96. The molecule has 0 saturated heterocycles. The van der Waals surface area contributed by atoms with E-state index in [1.54, 1.807) is 38.3 Å². The lowest BCUT2D eigenvalue weighted by atomic mass is 10.1. The fourth-order valence-corrected chi connectivity index (χ4v) is 2.82. The van der Waals surface area contributed by atoms with Crippen LogP contribution in [0.4, 0.5) is 8.78 Å². The van der Waals surface area contributed by atoms with Gasteiger partial charge in [0, 0.05) is 17.5 Å². The number of hydrogen-bond acceptors (Lipinski definition) is 5. The van der Waals surface area contributed by atoms with Crippen LogP contribution in [0.1, 0.15) is 21.7 Å². The average molecular weight is 391 g/mol. The molecule has 0 fully saturated rings. The molecule has 3 aromatic rings. The van der Waals surface area contributed by atoms with Crippen LogP contribution in [0.5, 0.6) is 17.2 Å². The lowest BCUT2D eigenvalue weighted by molar-refractivity contribution is -0.0512. The van der Waals surface area contributed by atoms with Gasteiger partial charge < -0.3 is 23.9 Å². The Morgan fingerprint density at radius 1 is 1.11 bits per heavy atom. The lowest BCUT2D eigenvalue weighted by Crippen LogP contribution is -2.23. The fraction of sp³-hybridized carbons (Fsp3) is 0.250. The Hall–Kier alpha value is -3.29. The van der Waals surface area contributed by atoms with Crippen LogP contribution >= 0.6 is 0 Å². The highest BCUT2D eigenvalue weighted by Gasteiger charge is 2.18. The normalized spacial score (nSPS) is 10.9. The number of hydrogen-bond donors (Lipinski definition) is 1. The van der Waals surface area contributed by atoms with Crippen LogP contribution in [0.3, 0.4) is 0 Å². The number of carbonyl (C=O) groups excluding carboxylic acids is 1. The van der Waals surface area contributed by atoms with E-state index in [2.05, 4.69) is 10.1 Å². The molecule has 0 spiro atoms. The molecule has 0 aliphatic carbocycles. The van der Waals surface area contributed by atoms with Crippen LogP contribution in [-0.4, -0.2) is 26.7 Å². The Labute approximate surface area is 160 Å². The summed E-state index contributed by atoms with van der Waals surface area (Å²) in [5.74, 6) is 0.558. The number of rotatable bonds is 7. The van der Waals surface area contributed by atoms with Crippen LogP contribution in [0.15, 0.2) is 40.8 Å². The van der Waals surface area contributed by atoms with Gasteiger partial charge in [0.15, 0.2) is 17.3 Å². The molecular weight excluding hydrogens is 372 g/mol. The zero-order valence-corrected chi connectivity index (χ0v) is 15.5. The molecule has 2 aromatic carbocycles. The topological polar surface area (TPSA) is 69.9 Å². The zero-order valence-electron chi connectivity index (χ0n) is 15.5. The summed E-state index contributed by atoms with van der Waals surface area (Å²) in [5.41, 5.74) is 1.94. The third kappa shape index (κ3) is 4.00. The number of aryl methyl sites for hydroxylation is 1. The van der Waals surface area contributed by atoms with Gasteiger partial charge in [0.1, 0.15) is 11.3 Å². The first-order chi connectivity index (χ1) is 13.4. The molecular formula is C20H19F2NO5. The van der Waals surface area contributed by atoms with Gasteiger partial charge in [-0.1, -0.05) is 6.07 Å². The van der Waals surface area contributed by atoms with E-state index in [0.717, 1.165) is 5.39 Å². The van der Waals surface area contributed by atoms with Gasteiger partial charge in [-0.25, -0.2) is 0 Å². The second kappa shape index (κ2) is 8.16. The molecule has 0 atom stereocenters. The molecule has 8 heteroatoms. The monoisotopic (exact) mass is 391 g/mol. The van der Waals surface area contributed by atoms with Gasteiger partial charge in [-0.3, -0.25) is 4.79 Å². The number of methoxy groups -OCH3 is 2. The average Bonchev–Trinajstić information content (AvgIpc) is 3.02. The summed E-state index contributed by atoms with van der Waals surface area (Å²) >= 11 is 0. The smallest absolute Gasteiger partial charge is 0.387 e. The molecule has 1 amide bonds. The number of carbonyl (C=O) groups is 1. The molecule has 0 aliphatic heterocycles. The highest BCUT2D eigenvalue weighted by molar-refractivity contribution is 5.99. The van der Waals surface area contributed by atoms with E-state index >= 15 is 0 Å². The van der Waals surface area contributed by atoms with Gasteiger partial charge >= 0.3 is 6.61 Å². The van der Waals surface area contributed by atoms with Crippen LogP contribution < -0.4 is 19.5 Å². The van der Waals surface area contributed by atoms with Crippen LogP contribution in [0.25, 0.3) is 11.0 Å². The minimum absolute atomic E-state index is 0.0744. The summed E-state index contributed by atoms with van der Waals surface area (Å²) in [6.45, 7) is -1.00. The van der Waals surface area contributed by atoms with Crippen molar-refractivity contribution in [3.8, 4) is 17.2 Å². The number of nitrogens with one attached hydrogen (secondary N) is 1. The number of halogens is 2. The zero-order chi connectivity index (χ0) is 20.3. The molecule has 0 saturated carbocycles. The van der Waals surface area contributed by atoms with Crippen molar-refractivity contribution in [2.75, 3.05) is 14.2 Å². The summed E-state index contributed by atoms with van der Waals surface area (Å²) in [6.07, 6.45) is 0. The fourth-order valence-electron chi connectivity index (χ4n) is 2.82. The van der Waals surface area contributed by atoms with Gasteiger partial charge in [-0.05, 0) is 42.8 Å². The van der Waals surface area contributed by atoms with Gasteiger partial charge in [0.25, 0.3) is 5.91 Å². The molecule has 0 aliphatic rings. The van der Waals surface area contributed by atoms with Gasteiger partial charge in [-0.2, -0.15) is 8.78 Å². The van der Waals surface area contributed by atoms with Gasteiger partial charge in [-0.15, -0.1) is 0 Å². The summed E-state index contributed by atoms with van der Waals surface area (Å²) < 4.78 is 45.1. The van der Waals surface area contributed by atoms with E-state index in [1.165, 1.54) is 19.2 Å². The number of alkyl halides is 2. The van der Waals surface area contributed by atoms with Crippen molar-refractivity contribution in [2.45, 2.75) is 20.1 Å². The van der Waals surface area contributed by atoms with Crippen molar-refractivity contribution in [1.82, 2.24) is 5.32 Å². The maximum atomic E-state index is 12.5. The molecule has 1 aromatic heterocycles. The molecule has 1 N–H and O–H groups in total. The number of ether oxygens (including phenoxy) is 3. The van der Waals surface area contributed by atoms with Crippen LogP contribution in [0, 0.1) is 6.92 Å². The molecule has 1 heterocycles. The largest absolute Gasteiger partial charge is 0.497 e. The molecule has 148 valence electrons. The van der Waals surface area contributed by atoms with Crippen molar-refractivity contribution < 1.29 is 32.2 Å². The minimum atomic E-state index is -2.95. The highest BCUT2D eigenvalue weighted by Crippen LogP contribution is 2.30. The Morgan fingerprint density at radius 3 is 2.57 bits per heavy atom. The van der Waals surface area contributed by atoms with Gasteiger partial charge in [0.2, 0.25) is 0 Å².